The van der Waals surface area contributed by atoms with E-state index in [0.717, 1.165) is 57.8 Å². The van der Waals surface area contributed by atoms with Crippen LogP contribution in [0.5, 0.6) is 0 Å². The van der Waals surface area contributed by atoms with Crippen molar-refractivity contribution in [2.24, 2.45) is 0 Å². The molecule has 0 saturated heterocycles. The second kappa shape index (κ2) is 66.3. The zero-order valence-corrected chi connectivity index (χ0v) is 51.7. The van der Waals surface area contributed by atoms with Gasteiger partial charge in [0, 0.05) is 12.8 Å². The Bertz CT molecular complexity index is 1290. The predicted octanol–water partition coefficient (Wildman–Crippen LogP) is 22.1. The number of unbranched alkanes of at least 4 members (excludes halogenated alkanes) is 47. The first kappa shape index (κ1) is 74.8. The van der Waals surface area contributed by atoms with Crippen molar-refractivity contribution in [2.75, 3.05) is 13.2 Å². The van der Waals surface area contributed by atoms with Crippen LogP contribution in [0.25, 0.3) is 0 Å². The van der Waals surface area contributed by atoms with E-state index >= 15 is 0 Å². The maximum Gasteiger partial charge on any atom is 0.305 e. The first-order valence-electron chi connectivity index (χ1n) is 34.4. The van der Waals surface area contributed by atoms with Crippen molar-refractivity contribution in [1.29, 1.82) is 0 Å². The lowest BCUT2D eigenvalue weighted by atomic mass is 10.0. The number of ether oxygens (including phenoxy) is 1. The zero-order valence-electron chi connectivity index (χ0n) is 51.7. The molecule has 2 atom stereocenters. The number of carbonyl (C=O) groups excluding carboxylic acids is 2. The van der Waals surface area contributed by atoms with Crippen molar-refractivity contribution < 1.29 is 24.5 Å². The normalized spacial score (nSPS) is 12.8. The summed E-state index contributed by atoms with van der Waals surface area (Å²) in [6, 6.07) is -0.635. The van der Waals surface area contributed by atoms with Crippen molar-refractivity contribution in [3.63, 3.8) is 0 Å². The summed E-state index contributed by atoms with van der Waals surface area (Å²) in [4.78, 5) is 24.6. The maximum atomic E-state index is 12.5. The summed E-state index contributed by atoms with van der Waals surface area (Å²) in [5, 5.41) is 23.3. The molecule has 0 heterocycles. The SMILES string of the molecule is CCCC/C=C\C/C=C\CCCCCCCC(=O)OCCCCCCCCCCCCCC/C=C\CCCCCCCCCC(=O)NC(CO)C(O)/C=C/CCCCCCCCCCCCCCCCCCCCCCC. The summed E-state index contributed by atoms with van der Waals surface area (Å²) < 4.78 is 5.48. The van der Waals surface area contributed by atoms with E-state index < -0.39 is 12.1 Å². The van der Waals surface area contributed by atoms with Gasteiger partial charge in [-0.1, -0.05) is 319 Å². The Morgan fingerprint density at radius 2 is 0.662 bits per heavy atom. The number of amides is 1. The quantitative estimate of drug-likeness (QED) is 0.0320. The van der Waals surface area contributed by atoms with Gasteiger partial charge in [-0.15, -0.1) is 0 Å². The van der Waals surface area contributed by atoms with Gasteiger partial charge in [0.15, 0.2) is 0 Å². The Kier molecular flexibility index (Phi) is 64.5. The summed E-state index contributed by atoms with van der Waals surface area (Å²) in [7, 11) is 0. The van der Waals surface area contributed by atoms with Gasteiger partial charge in [-0.05, 0) is 83.5 Å². The molecule has 0 aromatic rings. The number of nitrogens with one attached hydrogen (secondary N) is 1. The van der Waals surface area contributed by atoms with E-state index in [1.165, 1.54) is 283 Å². The molecule has 0 fully saturated rings. The van der Waals surface area contributed by atoms with Crippen LogP contribution < -0.4 is 5.32 Å². The Balaban J connectivity index is 3.45. The fourth-order valence-corrected chi connectivity index (χ4v) is 10.5. The minimum absolute atomic E-state index is 0.00355. The van der Waals surface area contributed by atoms with Crippen LogP contribution in [0.4, 0.5) is 0 Å². The Labute approximate surface area is 480 Å². The molecule has 452 valence electrons. The van der Waals surface area contributed by atoms with Crippen molar-refractivity contribution in [1.82, 2.24) is 5.32 Å². The topological polar surface area (TPSA) is 95.9 Å². The monoisotopic (exact) mass is 1080 g/mol. The predicted molar refractivity (Wildman–Crippen MR) is 338 cm³/mol. The van der Waals surface area contributed by atoms with Gasteiger partial charge in [-0.25, -0.2) is 0 Å². The lowest BCUT2D eigenvalue weighted by Crippen LogP contribution is -2.45. The van der Waals surface area contributed by atoms with E-state index in [4.69, 9.17) is 4.74 Å². The average Bonchev–Trinajstić information content (AvgIpc) is 3.43. The Morgan fingerprint density at radius 3 is 1.04 bits per heavy atom. The molecule has 0 aliphatic rings. The molecular weight excluding hydrogens is 947 g/mol. The first-order chi connectivity index (χ1) is 38.0. The number of rotatable bonds is 64. The van der Waals surface area contributed by atoms with E-state index in [-0.39, 0.29) is 18.5 Å². The van der Waals surface area contributed by atoms with Gasteiger partial charge in [0.1, 0.15) is 0 Å². The Morgan fingerprint density at radius 1 is 0.364 bits per heavy atom. The average molecular weight is 1080 g/mol. The molecule has 0 aromatic carbocycles. The molecule has 0 bridgehead atoms. The molecule has 2 unspecified atom stereocenters. The van der Waals surface area contributed by atoms with Crippen LogP contribution in [0, 0.1) is 0 Å². The zero-order chi connectivity index (χ0) is 55.7. The van der Waals surface area contributed by atoms with Gasteiger partial charge < -0.3 is 20.3 Å². The van der Waals surface area contributed by atoms with Crippen LogP contribution in [0.3, 0.4) is 0 Å². The second-order valence-corrected chi connectivity index (χ2v) is 23.5. The van der Waals surface area contributed by atoms with Gasteiger partial charge in [0.05, 0.1) is 25.4 Å². The summed E-state index contributed by atoms with van der Waals surface area (Å²) in [6.45, 7) is 4.88. The van der Waals surface area contributed by atoms with Gasteiger partial charge in [-0.2, -0.15) is 0 Å². The molecule has 0 aliphatic heterocycles. The second-order valence-electron chi connectivity index (χ2n) is 23.5. The minimum atomic E-state index is -0.851. The molecule has 1 amide bonds. The number of hydrogen-bond donors (Lipinski definition) is 3. The van der Waals surface area contributed by atoms with Crippen LogP contribution in [0.1, 0.15) is 367 Å². The number of carbonyl (C=O) groups is 2. The van der Waals surface area contributed by atoms with E-state index in [9.17, 15) is 19.8 Å². The number of aliphatic hydroxyl groups excluding tert-OH is 2. The molecule has 0 radical (unpaired) electrons. The molecule has 6 nitrogen and oxygen atoms in total. The van der Waals surface area contributed by atoms with Gasteiger partial charge in [0.25, 0.3) is 0 Å². The molecular formula is C71H133NO5. The highest BCUT2D eigenvalue weighted by Gasteiger charge is 2.18. The van der Waals surface area contributed by atoms with Crippen molar-refractivity contribution >= 4 is 11.9 Å². The smallest absolute Gasteiger partial charge is 0.305 e. The fourth-order valence-electron chi connectivity index (χ4n) is 10.5. The number of esters is 1. The third-order valence-electron chi connectivity index (χ3n) is 15.8. The summed E-state index contributed by atoms with van der Waals surface area (Å²) >= 11 is 0. The Hall–Kier alpha value is -2.18. The summed E-state index contributed by atoms with van der Waals surface area (Å²) in [5.74, 6) is -0.0750. The number of hydrogen-bond acceptors (Lipinski definition) is 5. The van der Waals surface area contributed by atoms with Gasteiger partial charge in [-0.3, -0.25) is 9.59 Å². The molecule has 0 aliphatic carbocycles. The molecule has 0 rings (SSSR count). The van der Waals surface area contributed by atoms with Crippen LogP contribution in [0.2, 0.25) is 0 Å². The van der Waals surface area contributed by atoms with Crippen LogP contribution in [-0.4, -0.2) is 47.4 Å². The summed E-state index contributed by atoms with van der Waals surface area (Å²) in [6.07, 6.45) is 86.0. The molecule has 0 saturated carbocycles. The number of aliphatic hydroxyl groups is 2. The van der Waals surface area contributed by atoms with Crippen molar-refractivity contribution in [3.8, 4) is 0 Å². The molecule has 3 N–H and O–H groups in total. The number of allylic oxidation sites excluding steroid dienone is 7. The molecule has 0 aromatic heterocycles. The minimum Gasteiger partial charge on any atom is -0.466 e. The maximum absolute atomic E-state index is 12.5. The van der Waals surface area contributed by atoms with Crippen LogP contribution >= 0.6 is 0 Å². The van der Waals surface area contributed by atoms with E-state index in [1.807, 2.05) is 6.08 Å². The molecule has 0 spiro atoms. The molecule has 6 heteroatoms. The van der Waals surface area contributed by atoms with E-state index in [2.05, 4.69) is 55.6 Å². The van der Waals surface area contributed by atoms with E-state index in [0.29, 0.717) is 19.4 Å². The highest BCUT2D eigenvalue weighted by molar-refractivity contribution is 5.76. The van der Waals surface area contributed by atoms with Crippen molar-refractivity contribution in [3.05, 3.63) is 48.6 Å². The van der Waals surface area contributed by atoms with Gasteiger partial charge >= 0.3 is 5.97 Å². The third kappa shape index (κ3) is 62.9. The van der Waals surface area contributed by atoms with Crippen LogP contribution in [-0.2, 0) is 14.3 Å². The largest absolute Gasteiger partial charge is 0.466 e. The standard InChI is InChI=1S/C71H133NO5/c1-3-5-7-9-11-13-15-17-19-20-21-22-24-27-30-33-36-39-43-47-51-55-59-63-69(74)68(67-73)72-70(75)64-60-56-52-48-44-40-37-34-31-28-25-23-26-29-32-35-38-42-46-50-54-58-62-66-77-71(76)65-61-57-53-49-45-41-18-16-14-12-10-8-6-4-2/h10,12,16,18,28,31,59,63,68-69,73-74H,3-9,11,13-15,17,19-27,29-30,32-58,60-62,64-67H2,1-2H3,(H,72,75)/b12-10-,18-16-,31-28-,63-59+. The highest BCUT2D eigenvalue weighted by Crippen LogP contribution is 2.18. The van der Waals surface area contributed by atoms with E-state index in [1.54, 1.807) is 6.08 Å². The van der Waals surface area contributed by atoms with Crippen LogP contribution in [0.15, 0.2) is 48.6 Å². The van der Waals surface area contributed by atoms with Crippen molar-refractivity contribution in [2.45, 2.75) is 379 Å². The lowest BCUT2D eigenvalue weighted by molar-refractivity contribution is -0.143. The summed E-state index contributed by atoms with van der Waals surface area (Å²) in [5.41, 5.74) is 0. The molecule has 77 heavy (non-hydrogen) atoms. The highest BCUT2D eigenvalue weighted by atomic mass is 16.5. The fraction of sp³-hybridized carbons (Fsp3) is 0.859. The lowest BCUT2D eigenvalue weighted by Gasteiger charge is -2.20. The van der Waals surface area contributed by atoms with Gasteiger partial charge in [0.2, 0.25) is 5.91 Å². The first-order valence-corrected chi connectivity index (χ1v) is 34.4. The third-order valence-corrected chi connectivity index (χ3v) is 15.8.